The van der Waals surface area contributed by atoms with E-state index in [1.807, 2.05) is 6.92 Å². The second kappa shape index (κ2) is 5.65. The first-order chi connectivity index (χ1) is 8.13. The van der Waals surface area contributed by atoms with Crippen molar-refractivity contribution in [3.05, 3.63) is 0 Å². The highest BCUT2D eigenvalue weighted by atomic mass is 32.2. The molecule has 1 aliphatic carbocycles. The Bertz CT molecular complexity index is 341. The van der Waals surface area contributed by atoms with Crippen LogP contribution < -0.4 is 10.0 Å². The minimum atomic E-state index is -3.26. The van der Waals surface area contributed by atoms with Crippen LogP contribution in [0, 0.1) is 0 Å². The maximum atomic E-state index is 12.2. The smallest absolute Gasteiger partial charge is 0.279 e. The van der Waals surface area contributed by atoms with E-state index in [0.29, 0.717) is 6.54 Å². The van der Waals surface area contributed by atoms with Gasteiger partial charge in [-0.05, 0) is 32.2 Å². The molecular weight excluding hydrogens is 238 g/mol. The first-order valence-corrected chi connectivity index (χ1v) is 8.07. The molecule has 1 saturated carbocycles. The highest BCUT2D eigenvalue weighted by Crippen LogP contribution is 2.24. The molecule has 2 fully saturated rings. The molecule has 17 heavy (non-hydrogen) atoms. The molecule has 0 spiro atoms. The van der Waals surface area contributed by atoms with E-state index < -0.39 is 10.2 Å². The molecule has 0 aromatic heterocycles. The maximum Gasteiger partial charge on any atom is 0.279 e. The van der Waals surface area contributed by atoms with Gasteiger partial charge in [0.1, 0.15) is 0 Å². The molecule has 1 heterocycles. The minimum absolute atomic E-state index is 0.125. The third-order valence-electron chi connectivity index (χ3n) is 3.40. The van der Waals surface area contributed by atoms with Crippen LogP contribution in [0.4, 0.5) is 0 Å². The van der Waals surface area contributed by atoms with Crippen molar-refractivity contribution >= 4 is 10.2 Å². The molecule has 2 aliphatic rings. The van der Waals surface area contributed by atoms with E-state index in [9.17, 15) is 8.42 Å². The predicted octanol–water partition coefficient (Wildman–Crippen LogP) is 0.447. The third-order valence-corrected chi connectivity index (χ3v) is 5.13. The fourth-order valence-electron chi connectivity index (χ4n) is 2.28. The quantitative estimate of drug-likeness (QED) is 0.729. The molecule has 0 aromatic carbocycles. The zero-order valence-electron chi connectivity index (χ0n) is 10.5. The van der Waals surface area contributed by atoms with Crippen LogP contribution in [0.3, 0.4) is 0 Å². The standard InChI is InChI=1S/C11H23N3O2S/c1-2-12-9-11-5-3-4-8-14(11)17(15,16)13-10-6-7-10/h10-13H,2-9H2,1H3. The Hall–Kier alpha value is -0.170. The molecular formula is C11H23N3O2S. The van der Waals surface area contributed by atoms with Crippen molar-refractivity contribution in [1.82, 2.24) is 14.3 Å². The second-order valence-electron chi connectivity index (χ2n) is 4.97. The number of nitrogens with zero attached hydrogens (tertiary/aromatic N) is 1. The first-order valence-electron chi connectivity index (χ1n) is 6.63. The fraction of sp³-hybridized carbons (Fsp3) is 1.00. The van der Waals surface area contributed by atoms with Crippen molar-refractivity contribution in [3.8, 4) is 0 Å². The highest BCUT2D eigenvalue weighted by Gasteiger charge is 2.35. The van der Waals surface area contributed by atoms with E-state index in [4.69, 9.17) is 0 Å². The molecule has 1 saturated heterocycles. The maximum absolute atomic E-state index is 12.2. The van der Waals surface area contributed by atoms with Crippen molar-refractivity contribution in [1.29, 1.82) is 0 Å². The summed E-state index contributed by atoms with van der Waals surface area (Å²) in [5, 5.41) is 3.26. The van der Waals surface area contributed by atoms with Crippen molar-refractivity contribution in [2.45, 2.75) is 51.1 Å². The lowest BCUT2D eigenvalue weighted by molar-refractivity contribution is 0.243. The van der Waals surface area contributed by atoms with Crippen LogP contribution in [0.2, 0.25) is 0 Å². The molecule has 0 bridgehead atoms. The molecule has 1 atom stereocenters. The zero-order valence-corrected chi connectivity index (χ0v) is 11.3. The van der Waals surface area contributed by atoms with E-state index in [1.54, 1.807) is 4.31 Å². The summed E-state index contributed by atoms with van der Waals surface area (Å²) >= 11 is 0. The Morgan fingerprint density at radius 2 is 2.00 bits per heavy atom. The number of rotatable bonds is 6. The summed E-state index contributed by atoms with van der Waals surface area (Å²) < 4.78 is 28.8. The van der Waals surface area contributed by atoms with Gasteiger partial charge < -0.3 is 5.32 Å². The van der Waals surface area contributed by atoms with Crippen LogP contribution in [0.1, 0.15) is 39.0 Å². The van der Waals surface area contributed by atoms with Gasteiger partial charge in [0.15, 0.2) is 0 Å². The van der Waals surface area contributed by atoms with E-state index >= 15 is 0 Å². The topological polar surface area (TPSA) is 61.4 Å². The van der Waals surface area contributed by atoms with Crippen LogP contribution in [-0.2, 0) is 10.2 Å². The fourth-order valence-corrected chi connectivity index (χ4v) is 4.02. The van der Waals surface area contributed by atoms with Gasteiger partial charge in [0, 0.05) is 25.2 Å². The lowest BCUT2D eigenvalue weighted by Gasteiger charge is -2.34. The average Bonchev–Trinajstić information content (AvgIpc) is 3.10. The minimum Gasteiger partial charge on any atom is -0.315 e. The van der Waals surface area contributed by atoms with Crippen LogP contribution in [0.25, 0.3) is 0 Å². The van der Waals surface area contributed by atoms with Gasteiger partial charge >= 0.3 is 0 Å². The van der Waals surface area contributed by atoms with Crippen molar-refractivity contribution in [3.63, 3.8) is 0 Å². The van der Waals surface area contributed by atoms with Crippen LogP contribution in [0.15, 0.2) is 0 Å². The van der Waals surface area contributed by atoms with E-state index in [0.717, 1.165) is 45.2 Å². The Balaban J connectivity index is 1.98. The summed E-state index contributed by atoms with van der Waals surface area (Å²) in [6.45, 7) is 4.37. The van der Waals surface area contributed by atoms with Crippen molar-refractivity contribution < 1.29 is 8.42 Å². The molecule has 100 valence electrons. The first kappa shape index (κ1) is 13.3. The summed E-state index contributed by atoms with van der Waals surface area (Å²) in [6.07, 6.45) is 5.06. The molecule has 1 aliphatic heterocycles. The van der Waals surface area contributed by atoms with Crippen LogP contribution in [-0.4, -0.2) is 44.4 Å². The zero-order chi connectivity index (χ0) is 12.3. The third kappa shape index (κ3) is 3.64. The molecule has 6 heteroatoms. The summed E-state index contributed by atoms with van der Waals surface area (Å²) in [7, 11) is -3.26. The number of likely N-dealkylation sites (N-methyl/N-ethyl adjacent to an activating group) is 1. The monoisotopic (exact) mass is 261 g/mol. The molecule has 5 nitrogen and oxygen atoms in total. The molecule has 0 amide bonds. The Kier molecular flexibility index (Phi) is 4.41. The lowest BCUT2D eigenvalue weighted by Crippen LogP contribution is -2.52. The second-order valence-corrected chi connectivity index (χ2v) is 6.62. The van der Waals surface area contributed by atoms with Gasteiger partial charge in [-0.3, -0.25) is 0 Å². The van der Waals surface area contributed by atoms with Gasteiger partial charge in [-0.2, -0.15) is 17.4 Å². The van der Waals surface area contributed by atoms with Gasteiger partial charge in [-0.25, -0.2) is 0 Å². The molecule has 1 unspecified atom stereocenters. The summed E-state index contributed by atoms with van der Waals surface area (Å²) in [6, 6.07) is 0.321. The number of nitrogens with one attached hydrogen (secondary N) is 2. The molecule has 2 rings (SSSR count). The van der Waals surface area contributed by atoms with Crippen molar-refractivity contribution in [2.75, 3.05) is 19.6 Å². The number of hydrogen-bond donors (Lipinski definition) is 2. The van der Waals surface area contributed by atoms with E-state index in [2.05, 4.69) is 10.0 Å². The highest BCUT2D eigenvalue weighted by molar-refractivity contribution is 7.87. The van der Waals surface area contributed by atoms with Gasteiger partial charge in [0.05, 0.1) is 0 Å². The van der Waals surface area contributed by atoms with Gasteiger partial charge in [-0.15, -0.1) is 0 Å². The van der Waals surface area contributed by atoms with E-state index in [-0.39, 0.29) is 12.1 Å². The molecule has 0 aromatic rings. The summed E-state index contributed by atoms with van der Waals surface area (Å²) in [4.78, 5) is 0. The van der Waals surface area contributed by atoms with Gasteiger partial charge in [0.25, 0.3) is 10.2 Å². The largest absolute Gasteiger partial charge is 0.315 e. The van der Waals surface area contributed by atoms with E-state index in [1.165, 1.54) is 0 Å². The Labute approximate surface area is 104 Å². The van der Waals surface area contributed by atoms with Gasteiger partial charge in [0.2, 0.25) is 0 Å². The van der Waals surface area contributed by atoms with Crippen LogP contribution in [0.5, 0.6) is 0 Å². The van der Waals surface area contributed by atoms with Crippen LogP contribution >= 0.6 is 0 Å². The molecule has 0 radical (unpaired) electrons. The SMILES string of the molecule is CCNCC1CCCCN1S(=O)(=O)NC1CC1. The Morgan fingerprint density at radius 3 is 2.65 bits per heavy atom. The number of piperidine rings is 1. The van der Waals surface area contributed by atoms with Gasteiger partial charge in [-0.1, -0.05) is 13.3 Å². The Morgan fingerprint density at radius 1 is 1.24 bits per heavy atom. The summed E-state index contributed by atoms with van der Waals surface area (Å²) in [5.74, 6) is 0. The number of hydrogen-bond acceptors (Lipinski definition) is 3. The summed E-state index contributed by atoms with van der Waals surface area (Å²) in [5.41, 5.74) is 0. The predicted molar refractivity (Wildman–Crippen MR) is 68.0 cm³/mol. The molecule has 2 N–H and O–H groups in total. The average molecular weight is 261 g/mol. The van der Waals surface area contributed by atoms with Crippen molar-refractivity contribution in [2.24, 2.45) is 0 Å². The lowest BCUT2D eigenvalue weighted by atomic mass is 10.1. The normalized spacial score (nSPS) is 27.2.